The first-order valence-electron chi connectivity index (χ1n) is 7.77. The van der Waals surface area contributed by atoms with Gasteiger partial charge in [-0.15, -0.1) is 0 Å². The predicted octanol–water partition coefficient (Wildman–Crippen LogP) is 3.94. The summed E-state index contributed by atoms with van der Waals surface area (Å²) in [5, 5.41) is 3.56. The third kappa shape index (κ3) is 5.12. The fraction of sp³-hybridized carbons (Fsp3) is 0.706. The molecule has 0 spiro atoms. The number of aromatic nitrogens is 1. The van der Waals surface area contributed by atoms with Gasteiger partial charge >= 0.3 is 0 Å². The molecule has 0 aliphatic heterocycles. The summed E-state index contributed by atoms with van der Waals surface area (Å²) in [6.45, 7) is 18.2. The van der Waals surface area contributed by atoms with E-state index in [1.807, 2.05) is 0 Å². The molecule has 1 aromatic heterocycles. The van der Waals surface area contributed by atoms with E-state index in [4.69, 9.17) is 4.98 Å². The van der Waals surface area contributed by atoms with Crippen molar-refractivity contribution in [2.24, 2.45) is 0 Å². The Balaban J connectivity index is 3.04. The van der Waals surface area contributed by atoms with Crippen LogP contribution in [0.5, 0.6) is 0 Å². The average Bonchev–Trinajstić information content (AvgIpc) is 2.37. The maximum atomic E-state index is 4.82. The van der Waals surface area contributed by atoms with E-state index < -0.39 is 0 Å². The molecule has 1 N–H and O–H groups in total. The molecule has 0 aliphatic carbocycles. The van der Waals surface area contributed by atoms with Gasteiger partial charge in [-0.3, -0.25) is 0 Å². The van der Waals surface area contributed by atoms with Gasteiger partial charge in [0.05, 0.1) is 0 Å². The summed E-state index contributed by atoms with van der Waals surface area (Å²) in [4.78, 5) is 7.13. The molecule has 3 nitrogen and oxygen atoms in total. The summed E-state index contributed by atoms with van der Waals surface area (Å²) < 4.78 is 0. The Labute approximate surface area is 124 Å². The average molecular weight is 277 g/mol. The lowest BCUT2D eigenvalue weighted by Crippen LogP contribution is -2.35. The standard InChI is InChI=1S/C17H31N3/c1-8-20(9-2)16-11-14(12-18-17(5,6)7)10-15(19-16)13(3)4/h10-11,13,18H,8-9,12H2,1-7H3. The summed E-state index contributed by atoms with van der Waals surface area (Å²) in [6.07, 6.45) is 0. The second-order valence-corrected chi connectivity index (χ2v) is 6.69. The lowest BCUT2D eigenvalue weighted by Gasteiger charge is -2.24. The van der Waals surface area contributed by atoms with Crippen molar-refractivity contribution in [2.75, 3.05) is 18.0 Å². The Morgan fingerprint density at radius 3 is 2.20 bits per heavy atom. The molecule has 1 aromatic rings. The van der Waals surface area contributed by atoms with Gasteiger partial charge in [-0.2, -0.15) is 0 Å². The third-order valence-corrected chi connectivity index (χ3v) is 3.39. The first kappa shape index (κ1) is 17.0. The highest BCUT2D eigenvalue weighted by molar-refractivity contribution is 5.43. The van der Waals surface area contributed by atoms with Gasteiger partial charge in [0.15, 0.2) is 0 Å². The van der Waals surface area contributed by atoms with Gasteiger partial charge in [-0.25, -0.2) is 4.98 Å². The van der Waals surface area contributed by atoms with E-state index in [1.165, 1.54) is 11.3 Å². The molecule has 0 bridgehead atoms. The maximum absolute atomic E-state index is 4.82. The first-order valence-corrected chi connectivity index (χ1v) is 7.77. The topological polar surface area (TPSA) is 28.2 Å². The minimum Gasteiger partial charge on any atom is -0.357 e. The summed E-state index contributed by atoms with van der Waals surface area (Å²) in [7, 11) is 0. The van der Waals surface area contributed by atoms with Crippen LogP contribution in [-0.2, 0) is 6.54 Å². The SMILES string of the molecule is CCN(CC)c1cc(CNC(C)(C)C)cc(C(C)C)n1. The minimum atomic E-state index is 0.136. The maximum Gasteiger partial charge on any atom is 0.129 e. The van der Waals surface area contributed by atoms with E-state index >= 15 is 0 Å². The van der Waals surface area contributed by atoms with Gasteiger partial charge in [-0.05, 0) is 58.2 Å². The molecule has 0 saturated carbocycles. The Morgan fingerprint density at radius 2 is 1.75 bits per heavy atom. The van der Waals surface area contributed by atoms with Crippen LogP contribution in [0.2, 0.25) is 0 Å². The summed E-state index contributed by atoms with van der Waals surface area (Å²) in [6, 6.07) is 4.45. The first-order chi connectivity index (χ1) is 9.26. The molecule has 0 aromatic carbocycles. The van der Waals surface area contributed by atoms with Crippen LogP contribution in [0.25, 0.3) is 0 Å². The number of hydrogen-bond donors (Lipinski definition) is 1. The Hall–Kier alpha value is -1.09. The van der Waals surface area contributed by atoms with Gasteiger partial charge in [0, 0.05) is 30.9 Å². The van der Waals surface area contributed by atoms with E-state index in [0.717, 1.165) is 25.5 Å². The van der Waals surface area contributed by atoms with E-state index in [0.29, 0.717) is 5.92 Å². The molecule has 0 amide bonds. The van der Waals surface area contributed by atoms with Crippen molar-refractivity contribution in [1.82, 2.24) is 10.3 Å². The number of pyridine rings is 1. The second kappa shape index (κ2) is 7.07. The molecule has 0 unspecified atom stereocenters. The van der Waals surface area contributed by atoms with Gasteiger partial charge in [-0.1, -0.05) is 13.8 Å². The number of nitrogens with one attached hydrogen (secondary N) is 1. The van der Waals surface area contributed by atoms with E-state index in [-0.39, 0.29) is 5.54 Å². The lowest BCUT2D eigenvalue weighted by molar-refractivity contribution is 0.424. The third-order valence-electron chi connectivity index (χ3n) is 3.39. The van der Waals surface area contributed by atoms with E-state index in [2.05, 4.69) is 70.8 Å². The highest BCUT2D eigenvalue weighted by atomic mass is 15.2. The monoisotopic (exact) mass is 277 g/mol. The molecule has 1 rings (SSSR count). The van der Waals surface area contributed by atoms with Gasteiger partial charge in [0.2, 0.25) is 0 Å². The van der Waals surface area contributed by atoms with Crippen molar-refractivity contribution in [1.29, 1.82) is 0 Å². The van der Waals surface area contributed by atoms with Gasteiger partial charge in [0.1, 0.15) is 5.82 Å². The second-order valence-electron chi connectivity index (χ2n) is 6.69. The summed E-state index contributed by atoms with van der Waals surface area (Å²) in [5.74, 6) is 1.56. The summed E-state index contributed by atoms with van der Waals surface area (Å²) in [5.41, 5.74) is 2.64. The Bertz CT molecular complexity index is 415. The molecular formula is C17H31N3. The van der Waals surface area contributed by atoms with Crippen LogP contribution in [0.4, 0.5) is 5.82 Å². The zero-order chi connectivity index (χ0) is 15.3. The van der Waals surface area contributed by atoms with Crippen molar-refractivity contribution < 1.29 is 0 Å². The summed E-state index contributed by atoms with van der Waals surface area (Å²) >= 11 is 0. The van der Waals surface area contributed by atoms with Crippen LogP contribution < -0.4 is 10.2 Å². The molecule has 114 valence electrons. The van der Waals surface area contributed by atoms with Crippen molar-refractivity contribution in [2.45, 2.75) is 66.5 Å². The molecule has 0 atom stereocenters. The van der Waals surface area contributed by atoms with Crippen molar-refractivity contribution in [3.05, 3.63) is 23.4 Å². The highest BCUT2D eigenvalue weighted by Gasteiger charge is 2.12. The molecular weight excluding hydrogens is 246 g/mol. The van der Waals surface area contributed by atoms with Crippen molar-refractivity contribution in [3.63, 3.8) is 0 Å². The predicted molar refractivity (Wildman–Crippen MR) is 88.5 cm³/mol. The zero-order valence-corrected chi connectivity index (χ0v) is 14.2. The normalized spacial score (nSPS) is 12.0. The Morgan fingerprint density at radius 1 is 1.15 bits per heavy atom. The molecule has 0 saturated heterocycles. The van der Waals surface area contributed by atoms with Crippen molar-refractivity contribution >= 4 is 5.82 Å². The molecule has 3 heteroatoms. The van der Waals surface area contributed by atoms with Crippen LogP contribution in [0.1, 0.15) is 65.6 Å². The largest absolute Gasteiger partial charge is 0.357 e. The van der Waals surface area contributed by atoms with Crippen LogP contribution in [0.15, 0.2) is 12.1 Å². The van der Waals surface area contributed by atoms with Gasteiger partial charge < -0.3 is 10.2 Å². The molecule has 1 heterocycles. The van der Waals surface area contributed by atoms with E-state index in [1.54, 1.807) is 0 Å². The molecule has 0 aliphatic rings. The zero-order valence-electron chi connectivity index (χ0n) is 14.2. The van der Waals surface area contributed by atoms with Crippen molar-refractivity contribution in [3.8, 4) is 0 Å². The fourth-order valence-corrected chi connectivity index (χ4v) is 2.07. The molecule has 0 fully saturated rings. The fourth-order valence-electron chi connectivity index (χ4n) is 2.07. The Kier molecular flexibility index (Phi) is 6.00. The minimum absolute atomic E-state index is 0.136. The lowest BCUT2D eigenvalue weighted by atomic mass is 10.1. The number of rotatable bonds is 6. The molecule has 20 heavy (non-hydrogen) atoms. The smallest absolute Gasteiger partial charge is 0.129 e. The van der Waals surface area contributed by atoms with Crippen LogP contribution in [0, 0.1) is 0 Å². The van der Waals surface area contributed by atoms with E-state index in [9.17, 15) is 0 Å². The number of hydrogen-bond acceptors (Lipinski definition) is 3. The van der Waals surface area contributed by atoms with Crippen LogP contribution in [-0.4, -0.2) is 23.6 Å². The van der Waals surface area contributed by atoms with Crippen LogP contribution in [0.3, 0.4) is 0 Å². The molecule has 0 radical (unpaired) electrons. The quantitative estimate of drug-likeness (QED) is 0.853. The highest BCUT2D eigenvalue weighted by Crippen LogP contribution is 2.20. The van der Waals surface area contributed by atoms with Crippen LogP contribution >= 0.6 is 0 Å². The number of nitrogens with zero attached hydrogens (tertiary/aromatic N) is 2. The van der Waals surface area contributed by atoms with Gasteiger partial charge in [0.25, 0.3) is 0 Å². The number of anilines is 1.